The first kappa shape index (κ1) is 16.4. The highest BCUT2D eigenvalue weighted by molar-refractivity contribution is 7.92. The van der Waals surface area contributed by atoms with E-state index in [9.17, 15) is 8.42 Å². The van der Waals surface area contributed by atoms with Crippen LogP contribution >= 0.6 is 0 Å². The molecule has 8 heteroatoms. The van der Waals surface area contributed by atoms with Crippen LogP contribution < -0.4 is 19.1 Å². The number of para-hydroxylation sites is 1. The minimum absolute atomic E-state index is 0.0159. The molecular weight excluding hydrogens is 330 g/mol. The smallest absolute Gasteiger partial charge is 0.265 e. The van der Waals surface area contributed by atoms with Crippen molar-refractivity contribution in [1.82, 2.24) is 4.98 Å². The van der Waals surface area contributed by atoms with Gasteiger partial charge in [-0.15, -0.1) is 0 Å². The lowest BCUT2D eigenvalue weighted by atomic mass is 10.3. The number of benzene rings is 1. The number of nitrogens with one attached hydrogen (secondary N) is 1. The minimum atomic E-state index is -3.79. The largest absolute Gasteiger partial charge is 0.454 e. The van der Waals surface area contributed by atoms with Crippen LogP contribution in [0.25, 0.3) is 0 Å². The Labute approximate surface area is 141 Å². The summed E-state index contributed by atoms with van der Waals surface area (Å²) >= 11 is 0. The third-order valence-electron chi connectivity index (χ3n) is 3.74. The Morgan fingerprint density at radius 2 is 1.96 bits per heavy atom. The summed E-state index contributed by atoms with van der Waals surface area (Å²) in [5.74, 6) is 1.46. The summed E-state index contributed by atoms with van der Waals surface area (Å²) in [6, 6.07) is 8.25. The normalized spacial score (nSPS) is 12.9. The third kappa shape index (κ3) is 3.09. The average Bonchev–Trinajstić information content (AvgIpc) is 3.05. The van der Waals surface area contributed by atoms with Crippen LogP contribution in [-0.2, 0) is 10.0 Å². The van der Waals surface area contributed by atoms with Gasteiger partial charge in [-0.1, -0.05) is 6.07 Å². The first-order chi connectivity index (χ1) is 11.5. The molecular formula is C16H19N3O4S. The molecule has 1 aromatic heterocycles. The number of hydrogen-bond donors (Lipinski definition) is 1. The van der Waals surface area contributed by atoms with Crippen LogP contribution in [0, 0.1) is 0 Å². The molecule has 0 saturated carbocycles. The van der Waals surface area contributed by atoms with Crippen LogP contribution in [0.4, 0.5) is 11.5 Å². The van der Waals surface area contributed by atoms with Crippen molar-refractivity contribution in [3.05, 3.63) is 36.5 Å². The van der Waals surface area contributed by atoms with Crippen molar-refractivity contribution in [3.8, 4) is 11.5 Å². The van der Waals surface area contributed by atoms with E-state index < -0.39 is 10.0 Å². The third-order valence-corrected chi connectivity index (χ3v) is 5.14. The van der Waals surface area contributed by atoms with Gasteiger partial charge in [-0.2, -0.15) is 0 Å². The number of nitrogens with zero attached hydrogens (tertiary/aromatic N) is 2. The van der Waals surface area contributed by atoms with Gasteiger partial charge in [0.05, 0.1) is 11.9 Å². The monoisotopic (exact) mass is 349 g/mol. The lowest BCUT2D eigenvalue weighted by Crippen LogP contribution is -2.23. The fraction of sp³-hybridized carbons (Fsp3) is 0.312. The molecule has 1 aliphatic heterocycles. The summed E-state index contributed by atoms with van der Waals surface area (Å²) in [6.07, 6.45) is 1.51. The number of rotatable bonds is 6. The fourth-order valence-corrected chi connectivity index (χ4v) is 3.71. The Morgan fingerprint density at radius 3 is 2.62 bits per heavy atom. The molecule has 3 rings (SSSR count). The van der Waals surface area contributed by atoms with E-state index in [0.717, 1.165) is 18.9 Å². The van der Waals surface area contributed by atoms with Gasteiger partial charge in [0, 0.05) is 13.1 Å². The number of aromatic nitrogens is 1. The highest BCUT2D eigenvalue weighted by atomic mass is 32.2. The average molecular weight is 349 g/mol. The quantitative estimate of drug-likeness (QED) is 0.863. The zero-order chi connectivity index (χ0) is 17.2. The van der Waals surface area contributed by atoms with E-state index in [1.54, 1.807) is 24.3 Å². The maximum atomic E-state index is 12.6. The highest BCUT2D eigenvalue weighted by Gasteiger charge is 2.26. The van der Waals surface area contributed by atoms with E-state index in [-0.39, 0.29) is 17.4 Å². The predicted molar refractivity (Wildman–Crippen MR) is 91.2 cm³/mol. The van der Waals surface area contributed by atoms with Crippen LogP contribution in [-0.4, -0.2) is 33.3 Å². The van der Waals surface area contributed by atoms with Crippen molar-refractivity contribution in [2.45, 2.75) is 18.7 Å². The number of anilines is 2. The molecule has 0 spiro atoms. The van der Waals surface area contributed by atoms with Crippen LogP contribution in [0.3, 0.4) is 0 Å². The molecule has 1 aliphatic rings. The van der Waals surface area contributed by atoms with Crippen molar-refractivity contribution in [1.29, 1.82) is 0 Å². The standard InChI is InChI=1S/C16H19N3O4S/c1-3-19(4-2)15-9-8-12(10-17-15)18-24(20,21)14-7-5-6-13-16(14)23-11-22-13/h5-10,18H,3-4,11H2,1-2H3. The van der Waals surface area contributed by atoms with Crippen LogP contribution in [0.5, 0.6) is 11.5 Å². The number of fused-ring (bicyclic) bond motifs is 1. The molecule has 0 amide bonds. The van der Waals surface area contributed by atoms with Crippen molar-refractivity contribution < 1.29 is 17.9 Å². The molecule has 2 aromatic rings. The lowest BCUT2D eigenvalue weighted by molar-refractivity contribution is 0.172. The number of sulfonamides is 1. The summed E-state index contributed by atoms with van der Waals surface area (Å²) in [6.45, 7) is 5.77. The minimum Gasteiger partial charge on any atom is -0.454 e. The second-order valence-corrected chi connectivity index (χ2v) is 6.82. The molecule has 0 saturated heterocycles. The molecule has 1 aromatic carbocycles. The molecule has 0 atom stereocenters. The second kappa shape index (κ2) is 6.56. The molecule has 128 valence electrons. The van der Waals surface area contributed by atoms with Gasteiger partial charge in [-0.05, 0) is 38.1 Å². The van der Waals surface area contributed by atoms with Crippen LogP contribution in [0.2, 0.25) is 0 Å². The van der Waals surface area contributed by atoms with E-state index in [1.807, 2.05) is 13.8 Å². The predicted octanol–water partition coefficient (Wildman–Crippen LogP) is 2.46. The second-order valence-electron chi connectivity index (χ2n) is 5.17. The number of hydrogen-bond acceptors (Lipinski definition) is 6. The molecule has 0 fully saturated rings. The molecule has 0 aliphatic carbocycles. The van der Waals surface area contributed by atoms with Crippen molar-refractivity contribution in [2.24, 2.45) is 0 Å². The van der Waals surface area contributed by atoms with Crippen molar-refractivity contribution in [2.75, 3.05) is 29.5 Å². The summed E-state index contributed by atoms with van der Waals surface area (Å²) in [7, 11) is -3.79. The zero-order valence-electron chi connectivity index (χ0n) is 13.5. The fourth-order valence-electron chi connectivity index (χ4n) is 2.51. The van der Waals surface area contributed by atoms with Gasteiger partial charge in [0.1, 0.15) is 10.7 Å². The molecule has 7 nitrogen and oxygen atoms in total. The summed E-state index contributed by atoms with van der Waals surface area (Å²) in [5, 5.41) is 0. The van der Waals surface area contributed by atoms with Gasteiger partial charge >= 0.3 is 0 Å². The van der Waals surface area contributed by atoms with E-state index in [0.29, 0.717) is 11.4 Å². The number of pyridine rings is 1. The Hall–Kier alpha value is -2.48. The van der Waals surface area contributed by atoms with Crippen molar-refractivity contribution in [3.63, 3.8) is 0 Å². The van der Waals surface area contributed by atoms with Gasteiger partial charge < -0.3 is 14.4 Å². The molecule has 0 unspecified atom stereocenters. The summed E-state index contributed by atoms with van der Waals surface area (Å²) in [5.41, 5.74) is 0.391. The molecule has 0 radical (unpaired) electrons. The topological polar surface area (TPSA) is 80.8 Å². The summed E-state index contributed by atoms with van der Waals surface area (Å²) in [4.78, 5) is 6.44. The zero-order valence-corrected chi connectivity index (χ0v) is 14.3. The molecule has 1 N–H and O–H groups in total. The van der Waals surface area contributed by atoms with Gasteiger partial charge in [0.15, 0.2) is 11.5 Å². The van der Waals surface area contributed by atoms with E-state index in [1.165, 1.54) is 12.3 Å². The SMILES string of the molecule is CCN(CC)c1ccc(NS(=O)(=O)c2cccc3c2OCO3)cn1. The summed E-state index contributed by atoms with van der Waals surface area (Å²) < 4.78 is 38.2. The Bertz CT molecular complexity index is 818. The first-order valence-electron chi connectivity index (χ1n) is 7.67. The maximum Gasteiger partial charge on any atom is 0.265 e. The highest BCUT2D eigenvalue weighted by Crippen LogP contribution is 2.38. The van der Waals surface area contributed by atoms with Crippen LogP contribution in [0.1, 0.15) is 13.8 Å². The van der Waals surface area contributed by atoms with E-state index in [4.69, 9.17) is 9.47 Å². The molecule has 2 heterocycles. The number of ether oxygens (including phenoxy) is 2. The lowest BCUT2D eigenvalue weighted by Gasteiger charge is -2.19. The van der Waals surface area contributed by atoms with Gasteiger partial charge in [0.25, 0.3) is 10.0 Å². The molecule has 0 bridgehead atoms. The van der Waals surface area contributed by atoms with Gasteiger partial charge in [0.2, 0.25) is 6.79 Å². The van der Waals surface area contributed by atoms with Gasteiger partial charge in [-0.25, -0.2) is 13.4 Å². The van der Waals surface area contributed by atoms with E-state index >= 15 is 0 Å². The van der Waals surface area contributed by atoms with Crippen molar-refractivity contribution >= 4 is 21.5 Å². The molecule has 24 heavy (non-hydrogen) atoms. The Morgan fingerprint density at radius 1 is 1.17 bits per heavy atom. The van der Waals surface area contributed by atoms with E-state index in [2.05, 4.69) is 14.6 Å². The Balaban J connectivity index is 1.84. The first-order valence-corrected chi connectivity index (χ1v) is 9.16. The van der Waals surface area contributed by atoms with Gasteiger partial charge in [-0.3, -0.25) is 4.72 Å². The van der Waals surface area contributed by atoms with Crippen LogP contribution in [0.15, 0.2) is 41.4 Å². The Kier molecular flexibility index (Phi) is 4.48. The maximum absolute atomic E-state index is 12.6.